The van der Waals surface area contributed by atoms with Crippen molar-refractivity contribution in [3.8, 4) is 5.75 Å². The van der Waals surface area contributed by atoms with Crippen molar-refractivity contribution in [2.75, 3.05) is 43.1 Å². The molecule has 3 aromatic carbocycles. The highest BCUT2D eigenvalue weighted by atomic mass is 35.5. The van der Waals surface area contributed by atoms with Gasteiger partial charge in [-0.1, -0.05) is 35.9 Å². The molecule has 5 rings (SSSR count). The quantitative estimate of drug-likeness (QED) is 0.365. The van der Waals surface area contributed by atoms with Gasteiger partial charge in [0.05, 0.1) is 34.7 Å². The van der Waals surface area contributed by atoms with Crippen LogP contribution in [0.4, 0.5) is 17.1 Å². The maximum absolute atomic E-state index is 13.5. The van der Waals surface area contributed by atoms with Crippen LogP contribution in [-0.4, -0.2) is 50.2 Å². The SMILES string of the molecule is COc1ccc(CCNC(=O)[C@@H]2Cc3cc([N+](=O)[O-])ccc3N3CCN(c4ccccc4Cl)C[C@@H]23)cc1. The van der Waals surface area contributed by atoms with Crippen molar-refractivity contribution in [1.29, 1.82) is 0 Å². The van der Waals surface area contributed by atoms with Crippen molar-refractivity contribution in [3.05, 3.63) is 93.0 Å². The molecule has 37 heavy (non-hydrogen) atoms. The fourth-order valence-electron chi connectivity index (χ4n) is 5.40. The van der Waals surface area contributed by atoms with Gasteiger partial charge in [0.15, 0.2) is 0 Å². The Morgan fingerprint density at radius 3 is 2.62 bits per heavy atom. The molecule has 9 heteroatoms. The number of non-ortho nitro benzene ring substituents is 1. The summed E-state index contributed by atoms with van der Waals surface area (Å²) in [5, 5.41) is 15.2. The molecule has 8 nitrogen and oxygen atoms in total. The van der Waals surface area contributed by atoms with Gasteiger partial charge in [0.2, 0.25) is 5.91 Å². The van der Waals surface area contributed by atoms with Crippen LogP contribution >= 0.6 is 11.6 Å². The number of hydrogen-bond donors (Lipinski definition) is 1. The van der Waals surface area contributed by atoms with Crippen LogP contribution in [0.2, 0.25) is 5.02 Å². The third-order valence-electron chi connectivity index (χ3n) is 7.31. The molecule has 0 aliphatic carbocycles. The summed E-state index contributed by atoms with van der Waals surface area (Å²) in [6, 6.07) is 20.5. The Bertz CT molecular complexity index is 1300. The Hall–Kier alpha value is -3.78. The molecule has 0 radical (unpaired) electrons. The second-order valence-electron chi connectivity index (χ2n) is 9.43. The van der Waals surface area contributed by atoms with E-state index in [1.165, 1.54) is 0 Å². The maximum atomic E-state index is 13.5. The van der Waals surface area contributed by atoms with Crippen molar-refractivity contribution in [2.45, 2.75) is 18.9 Å². The lowest BCUT2D eigenvalue weighted by atomic mass is 9.83. The third-order valence-corrected chi connectivity index (χ3v) is 7.63. The molecule has 0 aromatic heterocycles. The molecular formula is C28H29ClN4O4. The molecule has 1 saturated heterocycles. The zero-order chi connectivity index (χ0) is 25.9. The first-order valence-electron chi connectivity index (χ1n) is 12.4. The lowest BCUT2D eigenvalue weighted by molar-refractivity contribution is -0.384. The van der Waals surface area contributed by atoms with Crippen molar-refractivity contribution in [1.82, 2.24) is 5.32 Å². The van der Waals surface area contributed by atoms with Crippen molar-refractivity contribution in [2.24, 2.45) is 5.92 Å². The lowest BCUT2D eigenvalue weighted by Crippen LogP contribution is -2.61. The van der Waals surface area contributed by atoms with E-state index in [2.05, 4.69) is 15.1 Å². The molecule has 3 aromatic rings. The van der Waals surface area contributed by atoms with Gasteiger partial charge in [0.1, 0.15) is 5.75 Å². The Morgan fingerprint density at radius 2 is 1.89 bits per heavy atom. The van der Waals surface area contributed by atoms with E-state index >= 15 is 0 Å². The van der Waals surface area contributed by atoms with Gasteiger partial charge in [-0.15, -0.1) is 0 Å². The smallest absolute Gasteiger partial charge is 0.269 e. The monoisotopic (exact) mass is 520 g/mol. The van der Waals surface area contributed by atoms with Crippen LogP contribution in [0.5, 0.6) is 5.75 Å². The topological polar surface area (TPSA) is 87.9 Å². The molecule has 2 heterocycles. The second kappa shape index (κ2) is 10.7. The maximum Gasteiger partial charge on any atom is 0.269 e. The number of halogens is 1. The molecule has 1 fully saturated rings. The highest BCUT2D eigenvalue weighted by Crippen LogP contribution is 2.39. The first-order chi connectivity index (χ1) is 17.9. The predicted molar refractivity (Wildman–Crippen MR) is 145 cm³/mol. The van der Waals surface area contributed by atoms with Crippen LogP contribution in [0.1, 0.15) is 11.1 Å². The minimum Gasteiger partial charge on any atom is -0.497 e. The van der Waals surface area contributed by atoms with Crippen molar-refractivity contribution < 1.29 is 14.5 Å². The van der Waals surface area contributed by atoms with E-state index in [0.29, 0.717) is 37.5 Å². The molecule has 192 valence electrons. The summed E-state index contributed by atoms with van der Waals surface area (Å²) >= 11 is 6.50. The van der Waals surface area contributed by atoms with Gasteiger partial charge < -0.3 is 19.9 Å². The predicted octanol–water partition coefficient (Wildman–Crippen LogP) is 4.48. The number of para-hydroxylation sites is 1. The summed E-state index contributed by atoms with van der Waals surface area (Å²) in [6.07, 6.45) is 1.15. The fourth-order valence-corrected chi connectivity index (χ4v) is 5.66. The van der Waals surface area contributed by atoms with E-state index in [0.717, 1.165) is 34.8 Å². The molecule has 1 N–H and O–H groups in total. The van der Waals surface area contributed by atoms with Crippen LogP contribution in [0.25, 0.3) is 0 Å². The number of amides is 1. The van der Waals surface area contributed by atoms with Crippen LogP contribution in [0.15, 0.2) is 66.7 Å². The summed E-state index contributed by atoms with van der Waals surface area (Å²) in [5.74, 6) is 0.403. The zero-order valence-electron chi connectivity index (χ0n) is 20.6. The van der Waals surface area contributed by atoms with Crippen LogP contribution in [0.3, 0.4) is 0 Å². The number of nitro groups is 1. The summed E-state index contributed by atoms with van der Waals surface area (Å²) in [4.78, 5) is 29.1. The number of anilines is 2. The number of rotatable bonds is 7. The third kappa shape index (κ3) is 5.20. The molecule has 0 spiro atoms. The summed E-state index contributed by atoms with van der Waals surface area (Å²) in [5.41, 5.74) is 3.92. The number of hydrogen-bond acceptors (Lipinski definition) is 6. The largest absolute Gasteiger partial charge is 0.497 e. The van der Waals surface area contributed by atoms with Crippen molar-refractivity contribution >= 4 is 34.6 Å². The molecule has 0 bridgehead atoms. The number of methoxy groups -OCH3 is 1. The number of carbonyl (C=O) groups excluding carboxylic acids is 1. The first-order valence-corrected chi connectivity index (χ1v) is 12.8. The minimum atomic E-state index is -0.383. The average Bonchev–Trinajstić information content (AvgIpc) is 2.92. The van der Waals surface area contributed by atoms with E-state index in [-0.39, 0.29) is 28.5 Å². The summed E-state index contributed by atoms with van der Waals surface area (Å²) in [6.45, 7) is 2.57. The fraction of sp³-hybridized carbons (Fsp3) is 0.321. The summed E-state index contributed by atoms with van der Waals surface area (Å²) < 4.78 is 5.21. The van der Waals surface area contributed by atoms with E-state index in [4.69, 9.17) is 16.3 Å². The van der Waals surface area contributed by atoms with Gasteiger partial charge in [0, 0.05) is 44.0 Å². The Morgan fingerprint density at radius 1 is 1.11 bits per heavy atom. The molecule has 0 unspecified atom stereocenters. The standard InChI is InChI=1S/C28H29ClN4O4/c1-37-22-9-6-19(7-10-22)12-13-30-28(34)23-17-20-16-21(33(35)36)8-11-25(20)32-15-14-31(18-27(23)32)26-5-3-2-4-24(26)29/h2-11,16,23,27H,12-15,17-18H2,1H3,(H,30,34)/t23-,27+/m1/s1. The van der Waals surface area contributed by atoms with E-state index in [1.807, 2.05) is 54.6 Å². The molecule has 2 aliphatic heterocycles. The van der Waals surface area contributed by atoms with Gasteiger partial charge in [0.25, 0.3) is 5.69 Å². The van der Waals surface area contributed by atoms with Gasteiger partial charge in [-0.25, -0.2) is 0 Å². The number of benzene rings is 3. The van der Waals surface area contributed by atoms with Crippen molar-refractivity contribution in [3.63, 3.8) is 0 Å². The number of nitrogens with zero attached hydrogens (tertiary/aromatic N) is 3. The van der Waals surface area contributed by atoms with Gasteiger partial charge in [-0.3, -0.25) is 14.9 Å². The number of piperazine rings is 1. The average molecular weight is 521 g/mol. The minimum absolute atomic E-state index is 0.0401. The molecule has 0 saturated carbocycles. The number of fused-ring (bicyclic) bond motifs is 3. The molecular weight excluding hydrogens is 492 g/mol. The van der Waals surface area contributed by atoms with Crippen LogP contribution in [-0.2, 0) is 17.6 Å². The van der Waals surface area contributed by atoms with E-state index < -0.39 is 0 Å². The zero-order valence-corrected chi connectivity index (χ0v) is 21.4. The van der Waals surface area contributed by atoms with Gasteiger partial charge in [-0.05, 0) is 54.3 Å². The molecule has 2 aliphatic rings. The molecule has 2 atom stereocenters. The van der Waals surface area contributed by atoms with E-state index in [9.17, 15) is 14.9 Å². The van der Waals surface area contributed by atoms with Crippen LogP contribution in [0, 0.1) is 16.0 Å². The summed E-state index contributed by atoms with van der Waals surface area (Å²) in [7, 11) is 1.63. The normalized spacial score (nSPS) is 18.5. The van der Waals surface area contributed by atoms with Gasteiger partial charge in [-0.2, -0.15) is 0 Å². The first kappa shape index (κ1) is 24.9. The van der Waals surface area contributed by atoms with E-state index in [1.54, 1.807) is 19.2 Å². The Labute approximate surface area is 220 Å². The Kier molecular flexibility index (Phi) is 7.19. The number of nitro benzene ring substituents is 1. The van der Waals surface area contributed by atoms with Gasteiger partial charge >= 0.3 is 0 Å². The lowest BCUT2D eigenvalue weighted by Gasteiger charge is -2.49. The highest BCUT2D eigenvalue weighted by Gasteiger charge is 2.42. The Balaban J connectivity index is 1.37. The van der Waals surface area contributed by atoms with Crippen LogP contribution < -0.4 is 19.9 Å². The second-order valence-corrected chi connectivity index (χ2v) is 9.84. The molecule has 1 amide bonds. The highest BCUT2D eigenvalue weighted by molar-refractivity contribution is 6.33. The number of ether oxygens (including phenoxy) is 1. The number of nitrogens with one attached hydrogen (secondary N) is 1. The number of carbonyl (C=O) groups is 1.